The summed E-state index contributed by atoms with van der Waals surface area (Å²) in [5.41, 5.74) is 1.09. The molecule has 33 heavy (non-hydrogen) atoms. The molecule has 2 N–H and O–H groups in total. The third kappa shape index (κ3) is 5.13. The second-order valence-electron chi connectivity index (χ2n) is 7.36. The van der Waals surface area contributed by atoms with Gasteiger partial charge in [0.25, 0.3) is 20.0 Å². The summed E-state index contributed by atoms with van der Waals surface area (Å²) >= 11 is 6.00. The van der Waals surface area contributed by atoms with E-state index in [2.05, 4.69) is 9.44 Å². The number of rotatable bonds is 7. The van der Waals surface area contributed by atoms with E-state index in [-0.39, 0.29) is 32.1 Å². The lowest BCUT2D eigenvalue weighted by atomic mass is 10.3. The first-order valence-corrected chi connectivity index (χ1v) is 13.3. The molecule has 1 aliphatic rings. The number of hydrogen-bond acceptors (Lipinski definition) is 5. The first-order chi connectivity index (χ1) is 15.7. The number of nitrogens with one attached hydrogen (secondary N) is 2. The quantitative estimate of drug-likeness (QED) is 0.502. The van der Waals surface area contributed by atoms with Crippen molar-refractivity contribution in [3.63, 3.8) is 0 Å². The van der Waals surface area contributed by atoms with Crippen LogP contribution in [0, 0.1) is 0 Å². The van der Waals surface area contributed by atoms with Crippen LogP contribution in [-0.2, 0) is 24.8 Å². The molecular formula is C22H20ClN3O5S2. The highest BCUT2D eigenvalue weighted by Crippen LogP contribution is 2.26. The highest BCUT2D eigenvalue weighted by Gasteiger charge is 2.23. The molecule has 0 unspecified atom stereocenters. The number of carbonyl (C=O) groups excluding carboxylic acids is 1. The zero-order chi connectivity index (χ0) is 23.6. The van der Waals surface area contributed by atoms with Crippen molar-refractivity contribution < 1.29 is 21.6 Å². The Morgan fingerprint density at radius 3 is 1.91 bits per heavy atom. The molecule has 0 saturated carbocycles. The molecule has 1 amide bonds. The molecule has 1 fully saturated rings. The predicted molar refractivity (Wildman–Crippen MR) is 128 cm³/mol. The summed E-state index contributed by atoms with van der Waals surface area (Å²) in [6, 6.07) is 17.8. The Balaban J connectivity index is 1.48. The molecule has 11 heteroatoms. The molecule has 3 aromatic rings. The number of nitrogens with zero attached hydrogens (tertiary/aromatic N) is 1. The van der Waals surface area contributed by atoms with Crippen molar-refractivity contribution in [1.29, 1.82) is 0 Å². The Bertz CT molecular complexity index is 1390. The second kappa shape index (κ2) is 9.05. The number of hydrogen-bond donors (Lipinski definition) is 2. The lowest BCUT2D eigenvalue weighted by Gasteiger charge is -2.16. The third-order valence-electron chi connectivity index (χ3n) is 5.07. The molecule has 172 valence electrons. The Kier molecular flexibility index (Phi) is 6.33. The fourth-order valence-electron chi connectivity index (χ4n) is 3.39. The van der Waals surface area contributed by atoms with Crippen LogP contribution in [0.2, 0.25) is 5.02 Å². The van der Waals surface area contributed by atoms with Crippen molar-refractivity contribution in [3.05, 3.63) is 77.8 Å². The Morgan fingerprint density at radius 1 is 0.758 bits per heavy atom. The van der Waals surface area contributed by atoms with E-state index in [1.54, 1.807) is 35.2 Å². The fraction of sp³-hybridized carbons (Fsp3) is 0.136. The number of amides is 1. The van der Waals surface area contributed by atoms with Gasteiger partial charge in [0.1, 0.15) is 0 Å². The summed E-state index contributed by atoms with van der Waals surface area (Å²) in [6.07, 6.45) is 1.27. The molecule has 0 spiro atoms. The van der Waals surface area contributed by atoms with Crippen LogP contribution in [0.3, 0.4) is 0 Å². The van der Waals surface area contributed by atoms with Gasteiger partial charge in [0, 0.05) is 24.3 Å². The van der Waals surface area contributed by atoms with Crippen LogP contribution < -0.4 is 14.3 Å². The van der Waals surface area contributed by atoms with Crippen molar-refractivity contribution in [2.45, 2.75) is 22.6 Å². The van der Waals surface area contributed by atoms with Crippen LogP contribution in [0.25, 0.3) is 0 Å². The van der Waals surface area contributed by atoms with Gasteiger partial charge >= 0.3 is 0 Å². The van der Waals surface area contributed by atoms with Crippen LogP contribution in [0.4, 0.5) is 17.1 Å². The maximum absolute atomic E-state index is 12.7. The monoisotopic (exact) mass is 505 g/mol. The van der Waals surface area contributed by atoms with E-state index in [0.717, 1.165) is 6.42 Å². The van der Waals surface area contributed by atoms with E-state index >= 15 is 0 Å². The topological polar surface area (TPSA) is 113 Å². The lowest BCUT2D eigenvalue weighted by Crippen LogP contribution is -2.23. The molecule has 0 aromatic heterocycles. The van der Waals surface area contributed by atoms with Crippen LogP contribution in [-0.4, -0.2) is 29.3 Å². The van der Waals surface area contributed by atoms with Gasteiger partial charge in [0.05, 0.1) is 20.5 Å². The van der Waals surface area contributed by atoms with Crippen LogP contribution in [0.1, 0.15) is 12.8 Å². The summed E-state index contributed by atoms with van der Waals surface area (Å²) in [7, 11) is -7.82. The molecule has 1 aliphatic heterocycles. The number of anilines is 3. The van der Waals surface area contributed by atoms with Gasteiger partial charge in [-0.05, 0) is 67.1 Å². The van der Waals surface area contributed by atoms with E-state index in [4.69, 9.17) is 11.6 Å². The average molecular weight is 506 g/mol. The van der Waals surface area contributed by atoms with E-state index in [1.807, 2.05) is 0 Å². The van der Waals surface area contributed by atoms with Crippen molar-refractivity contribution in [3.8, 4) is 0 Å². The summed E-state index contributed by atoms with van der Waals surface area (Å²) in [5, 5.41) is 0.255. The molecule has 1 saturated heterocycles. The summed E-state index contributed by atoms with van der Waals surface area (Å²) in [4.78, 5) is 13.5. The van der Waals surface area contributed by atoms with Gasteiger partial charge in [-0.25, -0.2) is 16.8 Å². The van der Waals surface area contributed by atoms with Crippen molar-refractivity contribution >= 4 is 54.6 Å². The third-order valence-corrected chi connectivity index (χ3v) is 8.18. The first-order valence-electron chi connectivity index (χ1n) is 9.96. The van der Waals surface area contributed by atoms with Crippen molar-refractivity contribution in [2.24, 2.45) is 0 Å². The number of para-hydroxylation sites is 1. The maximum atomic E-state index is 12.7. The Hall–Kier alpha value is -3.08. The maximum Gasteiger partial charge on any atom is 0.261 e. The summed E-state index contributed by atoms with van der Waals surface area (Å²) < 4.78 is 55.5. The molecule has 8 nitrogen and oxygen atoms in total. The first kappa shape index (κ1) is 23.1. The number of halogens is 1. The SMILES string of the molecule is O=C1CCCN1c1ccc(S(=O)(=O)Nc2ccc(S(=O)(=O)Nc3ccccc3Cl)cc2)cc1. The van der Waals surface area contributed by atoms with Gasteiger partial charge in [-0.3, -0.25) is 14.2 Å². The molecule has 0 aliphatic carbocycles. The Labute approximate surface area is 197 Å². The minimum atomic E-state index is -3.91. The van der Waals surface area contributed by atoms with E-state index in [1.165, 1.54) is 42.5 Å². The van der Waals surface area contributed by atoms with Gasteiger partial charge in [0.2, 0.25) is 5.91 Å². The zero-order valence-electron chi connectivity index (χ0n) is 17.2. The molecular weight excluding hydrogens is 486 g/mol. The van der Waals surface area contributed by atoms with Crippen LogP contribution in [0.5, 0.6) is 0 Å². The molecule has 0 bridgehead atoms. The van der Waals surface area contributed by atoms with Crippen LogP contribution in [0.15, 0.2) is 82.6 Å². The van der Waals surface area contributed by atoms with Gasteiger partial charge in [-0.15, -0.1) is 0 Å². The van der Waals surface area contributed by atoms with Gasteiger partial charge in [-0.1, -0.05) is 23.7 Å². The Morgan fingerprint density at radius 2 is 1.33 bits per heavy atom. The van der Waals surface area contributed by atoms with Gasteiger partial charge in [-0.2, -0.15) is 0 Å². The van der Waals surface area contributed by atoms with E-state index < -0.39 is 20.0 Å². The van der Waals surface area contributed by atoms with Crippen LogP contribution >= 0.6 is 11.6 Å². The van der Waals surface area contributed by atoms with E-state index in [9.17, 15) is 21.6 Å². The lowest BCUT2D eigenvalue weighted by molar-refractivity contribution is -0.117. The average Bonchev–Trinajstić information content (AvgIpc) is 3.21. The number of carbonyl (C=O) groups is 1. The summed E-state index contributed by atoms with van der Waals surface area (Å²) in [6.45, 7) is 0.615. The smallest absolute Gasteiger partial charge is 0.261 e. The largest absolute Gasteiger partial charge is 0.312 e. The molecule has 1 heterocycles. The predicted octanol–water partition coefficient (Wildman–Crippen LogP) is 4.07. The summed E-state index contributed by atoms with van der Waals surface area (Å²) in [5.74, 6) is 0.0165. The standard InChI is InChI=1S/C22H20ClN3O5S2/c23-20-4-1-2-5-21(20)25-33(30,31)18-11-7-16(8-12-18)24-32(28,29)19-13-9-17(10-14-19)26-15-3-6-22(26)27/h1-2,4-5,7-14,24-25H,3,6,15H2. The normalized spacial score (nSPS) is 14.3. The highest BCUT2D eigenvalue weighted by molar-refractivity contribution is 7.93. The van der Waals surface area contributed by atoms with E-state index in [0.29, 0.717) is 18.7 Å². The van der Waals surface area contributed by atoms with Crippen molar-refractivity contribution in [2.75, 3.05) is 20.9 Å². The molecule has 0 atom stereocenters. The minimum absolute atomic E-state index is 0.0165. The number of sulfonamides is 2. The van der Waals surface area contributed by atoms with Crippen molar-refractivity contribution in [1.82, 2.24) is 0 Å². The van der Waals surface area contributed by atoms with Gasteiger partial charge < -0.3 is 4.90 Å². The number of benzene rings is 3. The molecule has 0 radical (unpaired) electrons. The molecule has 4 rings (SSSR count). The second-order valence-corrected chi connectivity index (χ2v) is 11.1. The molecule has 3 aromatic carbocycles. The van der Waals surface area contributed by atoms with Gasteiger partial charge in [0.15, 0.2) is 0 Å². The fourth-order valence-corrected chi connectivity index (χ4v) is 5.77. The minimum Gasteiger partial charge on any atom is -0.312 e. The zero-order valence-corrected chi connectivity index (χ0v) is 19.6. The highest BCUT2D eigenvalue weighted by atomic mass is 35.5.